The van der Waals surface area contributed by atoms with E-state index in [2.05, 4.69) is 206 Å². The number of hydrogen-bond acceptors (Lipinski definition) is 1. The van der Waals surface area contributed by atoms with Gasteiger partial charge in [0.25, 0.3) is 0 Å². The molecule has 0 spiro atoms. The van der Waals surface area contributed by atoms with Crippen molar-refractivity contribution in [3.05, 3.63) is 206 Å². The molecule has 1 nitrogen and oxygen atoms in total. The Bertz CT molecular complexity index is 3190. The Labute approximate surface area is 319 Å². The van der Waals surface area contributed by atoms with E-state index in [4.69, 9.17) is 4.42 Å². The molecule has 0 atom stereocenters. The molecule has 1 heteroatoms. The summed E-state index contributed by atoms with van der Waals surface area (Å²) in [5.41, 5.74) is 13.8. The van der Waals surface area contributed by atoms with Crippen molar-refractivity contribution in [3.8, 4) is 55.6 Å². The van der Waals surface area contributed by atoms with Crippen LogP contribution in [0, 0.1) is 0 Å². The van der Waals surface area contributed by atoms with E-state index < -0.39 is 0 Å². The molecule has 0 unspecified atom stereocenters. The normalized spacial score (nSPS) is 11.6. The summed E-state index contributed by atoms with van der Waals surface area (Å²) in [7, 11) is 0. The lowest BCUT2D eigenvalue weighted by atomic mass is 9.83. The van der Waals surface area contributed by atoms with Gasteiger partial charge in [0.15, 0.2) is 0 Å². The van der Waals surface area contributed by atoms with E-state index in [-0.39, 0.29) is 0 Å². The lowest BCUT2D eigenvalue weighted by Gasteiger charge is -2.20. The Hall–Kier alpha value is -7.22. The fraction of sp³-hybridized carbons (Fsp3) is 0. The summed E-state index contributed by atoms with van der Waals surface area (Å²) >= 11 is 0. The maximum absolute atomic E-state index is 6.54. The Kier molecular flexibility index (Phi) is 7.25. The molecular weight excluding hydrogens is 665 g/mol. The molecule has 1 heterocycles. The van der Waals surface area contributed by atoms with Crippen molar-refractivity contribution < 1.29 is 4.42 Å². The highest BCUT2D eigenvalue weighted by Crippen LogP contribution is 2.48. The van der Waals surface area contributed by atoms with Gasteiger partial charge in [-0.2, -0.15) is 0 Å². The van der Waals surface area contributed by atoms with Crippen LogP contribution in [0.1, 0.15) is 0 Å². The minimum Gasteiger partial charge on any atom is -0.456 e. The van der Waals surface area contributed by atoms with Crippen LogP contribution in [0.25, 0.3) is 110 Å². The van der Waals surface area contributed by atoms with Gasteiger partial charge in [-0.15, -0.1) is 0 Å². The van der Waals surface area contributed by atoms with Crippen LogP contribution in [-0.4, -0.2) is 0 Å². The van der Waals surface area contributed by atoms with E-state index in [0.717, 1.165) is 27.5 Å². The van der Waals surface area contributed by atoms with Crippen molar-refractivity contribution in [3.63, 3.8) is 0 Å². The van der Waals surface area contributed by atoms with Crippen LogP contribution in [0.4, 0.5) is 0 Å². The summed E-state index contributed by atoms with van der Waals surface area (Å²) in [5, 5.41) is 9.73. The highest BCUT2D eigenvalue weighted by molar-refractivity contribution is 6.24. The summed E-state index contributed by atoms with van der Waals surface area (Å²) in [4.78, 5) is 0. The third-order valence-electron chi connectivity index (χ3n) is 11.3. The average Bonchev–Trinajstić information content (AvgIpc) is 3.64. The Morgan fingerprint density at radius 2 is 0.764 bits per heavy atom. The van der Waals surface area contributed by atoms with Gasteiger partial charge in [-0.1, -0.05) is 182 Å². The van der Waals surface area contributed by atoms with Gasteiger partial charge in [0.1, 0.15) is 11.2 Å². The largest absolute Gasteiger partial charge is 0.456 e. The van der Waals surface area contributed by atoms with Gasteiger partial charge in [-0.25, -0.2) is 0 Å². The highest BCUT2D eigenvalue weighted by atomic mass is 16.3. The summed E-state index contributed by atoms with van der Waals surface area (Å²) in [6.45, 7) is 0. The lowest BCUT2D eigenvalue weighted by Crippen LogP contribution is -1.93. The minimum atomic E-state index is 0.887. The van der Waals surface area contributed by atoms with Gasteiger partial charge < -0.3 is 4.42 Å². The van der Waals surface area contributed by atoms with Crippen LogP contribution < -0.4 is 0 Å². The van der Waals surface area contributed by atoms with Crippen LogP contribution in [-0.2, 0) is 0 Å². The number of para-hydroxylation sites is 1. The summed E-state index contributed by atoms with van der Waals surface area (Å²) in [5.74, 6) is 0. The number of fused-ring (bicyclic) bond motifs is 6. The number of rotatable bonds is 5. The predicted octanol–water partition coefficient (Wildman–Crippen LogP) is 15.4. The second kappa shape index (κ2) is 12.7. The standard InChI is InChI=1S/C54H34O/c1-2-16-35(17-3-1)39-22-6-7-24-41(39)47-32-33-50-54(48-29-12-13-31-49(48)55-50)52(47)38-21-14-20-37(34-38)51-43-25-8-10-27-45(43)53(46-28-11-9-26-44(46)51)42-30-15-19-36-18-4-5-23-40(36)42/h1-34H. The molecule has 11 rings (SSSR count). The lowest BCUT2D eigenvalue weighted by molar-refractivity contribution is 0.669. The van der Waals surface area contributed by atoms with Crippen molar-refractivity contribution in [1.29, 1.82) is 0 Å². The van der Waals surface area contributed by atoms with Crippen molar-refractivity contribution in [2.45, 2.75) is 0 Å². The van der Waals surface area contributed by atoms with Crippen LogP contribution >= 0.6 is 0 Å². The van der Waals surface area contributed by atoms with Gasteiger partial charge in [-0.3, -0.25) is 0 Å². The third-order valence-corrected chi connectivity index (χ3v) is 11.3. The highest BCUT2D eigenvalue weighted by Gasteiger charge is 2.22. The quantitative estimate of drug-likeness (QED) is 0.163. The number of benzene rings is 10. The fourth-order valence-electron chi connectivity index (χ4n) is 8.93. The van der Waals surface area contributed by atoms with Crippen molar-refractivity contribution in [1.82, 2.24) is 0 Å². The molecule has 10 aromatic carbocycles. The molecule has 0 saturated heterocycles. The third kappa shape index (κ3) is 5.01. The van der Waals surface area contributed by atoms with Gasteiger partial charge in [0, 0.05) is 16.3 Å². The second-order valence-electron chi connectivity index (χ2n) is 14.3. The molecule has 0 aliphatic rings. The minimum absolute atomic E-state index is 0.887. The van der Waals surface area contributed by atoms with E-state index in [1.54, 1.807) is 0 Å². The molecule has 0 amide bonds. The zero-order chi connectivity index (χ0) is 36.3. The Morgan fingerprint density at radius 3 is 1.51 bits per heavy atom. The van der Waals surface area contributed by atoms with Crippen molar-refractivity contribution in [2.75, 3.05) is 0 Å². The van der Waals surface area contributed by atoms with E-state index in [1.807, 2.05) is 0 Å². The SMILES string of the molecule is c1ccc(-c2ccccc2-c2ccc3oc4ccccc4c3c2-c2cccc(-c3c4ccccc4c(-c4cccc5ccccc45)c4ccccc34)c2)cc1. The zero-order valence-corrected chi connectivity index (χ0v) is 30.0. The van der Waals surface area contributed by atoms with E-state index in [0.29, 0.717) is 0 Å². The first-order valence-corrected chi connectivity index (χ1v) is 18.9. The molecule has 55 heavy (non-hydrogen) atoms. The number of furan rings is 1. The molecule has 256 valence electrons. The predicted molar refractivity (Wildman–Crippen MR) is 233 cm³/mol. The van der Waals surface area contributed by atoms with Crippen LogP contribution in [0.15, 0.2) is 211 Å². The molecule has 11 aromatic rings. The summed E-state index contributed by atoms with van der Waals surface area (Å²) < 4.78 is 6.54. The molecular formula is C54H34O. The molecule has 0 N–H and O–H groups in total. The molecule has 0 saturated carbocycles. The van der Waals surface area contributed by atoms with Gasteiger partial charge >= 0.3 is 0 Å². The van der Waals surface area contributed by atoms with Gasteiger partial charge in [-0.05, 0) is 107 Å². The van der Waals surface area contributed by atoms with E-state index >= 15 is 0 Å². The van der Waals surface area contributed by atoms with Crippen molar-refractivity contribution in [2.24, 2.45) is 0 Å². The fourth-order valence-corrected chi connectivity index (χ4v) is 8.93. The first-order chi connectivity index (χ1) is 27.3. The number of hydrogen-bond donors (Lipinski definition) is 0. The summed E-state index contributed by atoms with van der Waals surface area (Å²) in [6, 6.07) is 74.7. The Balaban J connectivity index is 1.21. The monoisotopic (exact) mass is 698 g/mol. The Morgan fingerprint density at radius 1 is 0.255 bits per heavy atom. The summed E-state index contributed by atoms with van der Waals surface area (Å²) in [6.07, 6.45) is 0. The maximum Gasteiger partial charge on any atom is 0.136 e. The van der Waals surface area contributed by atoms with Gasteiger partial charge in [0.2, 0.25) is 0 Å². The smallest absolute Gasteiger partial charge is 0.136 e. The van der Waals surface area contributed by atoms with Crippen molar-refractivity contribution >= 4 is 54.3 Å². The molecule has 0 aliphatic carbocycles. The van der Waals surface area contributed by atoms with E-state index in [9.17, 15) is 0 Å². The second-order valence-corrected chi connectivity index (χ2v) is 14.3. The molecule has 0 aliphatic heterocycles. The molecule has 0 fully saturated rings. The zero-order valence-electron chi connectivity index (χ0n) is 30.0. The topological polar surface area (TPSA) is 13.1 Å². The van der Waals surface area contributed by atoms with E-state index in [1.165, 1.54) is 82.4 Å². The first kappa shape index (κ1) is 31.3. The molecule has 0 bridgehead atoms. The first-order valence-electron chi connectivity index (χ1n) is 18.9. The maximum atomic E-state index is 6.54. The van der Waals surface area contributed by atoms with Crippen LogP contribution in [0.5, 0.6) is 0 Å². The van der Waals surface area contributed by atoms with Crippen LogP contribution in [0.2, 0.25) is 0 Å². The van der Waals surface area contributed by atoms with Crippen LogP contribution in [0.3, 0.4) is 0 Å². The van der Waals surface area contributed by atoms with Gasteiger partial charge in [0.05, 0.1) is 0 Å². The average molecular weight is 699 g/mol. The molecule has 0 radical (unpaired) electrons. The molecule has 1 aromatic heterocycles.